The Balaban J connectivity index is 2.35. The highest BCUT2D eigenvalue weighted by molar-refractivity contribution is 7.90. The van der Waals surface area contributed by atoms with Crippen molar-refractivity contribution in [2.45, 2.75) is 24.8 Å². The van der Waals surface area contributed by atoms with Gasteiger partial charge in [0.2, 0.25) is 0 Å². The number of thiophene rings is 1. The summed E-state index contributed by atoms with van der Waals surface area (Å²) in [6.07, 6.45) is 1.20. The van der Waals surface area contributed by atoms with Crippen molar-refractivity contribution in [3.05, 3.63) is 51.2 Å². The number of benzene rings is 1. The standard InChI is InChI=1S/C14H17NO2S2/c1-9-8-10(2)18-14(9)13(15)11-4-6-12(7-5-11)19(3,16)17/h4-8,13H,15H2,1-3H3. The Kier molecular flexibility index (Phi) is 3.80. The largest absolute Gasteiger partial charge is 0.320 e. The lowest BCUT2D eigenvalue weighted by Crippen LogP contribution is -2.11. The zero-order valence-corrected chi connectivity index (χ0v) is 12.8. The van der Waals surface area contributed by atoms with Crippen LogP contribution in [0.15, 0.2) is 35.2 Å². The van der Waals surface area contributed by atoms with Crippen molar-refractivity contribution in [3.63, 3.8) is 0 Å². The third-order valence-corrected chi connectivity index (χ3v) is 5.39. The van der Waals surface area contributed by atoms with Gasteiger partial charge in [0.25, 0.3) is 0 Å². The van der Waals surface area contributed by atoms with Crippen molar-refractivity contribution in [1.29, 1.82) is 0 Å². The smallest absolute Gasteiger partial charge is 0.175 e. The average Bonchev–Trinajstić information content (AvgIpc) is 2.66. The number of sulfone groups is 1. The lowest BCUT2D eigenvalue weighted by atomic mass is 10.0. The van der Waals surface area contributed by atoms with Crippen LogP contribution in [0.2, 0.25) is 0 Å². The first-order valence-electron chi connectivity index (χ1n) is 5.91. The maximum absolute atomic E-state index is 11.4. The zero-order chi connectivity index (χ0) is 14.2. The summed E-state index contributed by atoms with van der Waals surface area (Å²) in [6, 6.07) is 8.71. The summed E-state index contributed by atoms with van der Waals surface area (Å²) < 4.78 is 22.8. The van der Waals surface area contributed by atoms with Crippen LogP contribution >= 0.6 is 11.3 Å². The molecule has 0 amide bonds. The van der Waals surface area contributed by atoms with Gasteiger partial charge in [-0.3, -0.25) is 0 Å². The molecule has 0 radical (unpaired) electrons. The number of nitrogens with two attached hydrogens (primary N) is 1. The summed E-state index contributed by atoms with van der Waals surface area (Å²) in [5, 5.41) is 0. The Morgan fingerprint density at radius 2 is 1.74 bits per heavy atom. The Morgan fingerprint density at radius 3 is 2.16 bits per heavy atom. The maximum Gasteiger partial charge on any atom is 0.175 e. The number of rotatable bonds is 3. The molecule has 2 N–H and O–H groups in total. The quantitative estimate of drug-likeness (QED) is 0.947. The Labute approximate surface area is 118 Å². The van der Waals surface area contributed by atoms with Crippen LogP contribution < -0.4 is 5.73 Å². The number of hydrogen-bond donors (Lipinski definition) is 1. The second kappa shape index (κ2) is 5.07. The third-order valence-electron chi connectivity index (χ3n) is 3.03. The molecule has 1 heterocycles. The molecule has 2 rings (SSSR count). The normalized spacial score (nSPS) is 13.5. The Hall–Kier alpha value is -1.17. The average molecular weight is 295 g/mol. The Bertz CT molecular complexity index is 685. The van der Waals surface area contributed by atoms with Crippen LogP contribution in [0.25, 0.3) is 0 Å². The molecule has 3 nitrogen and oxygen atoms in total. The fourth-order valence-corrected chi connectivity index (χ4v) is 3.74. The molecule has 1 atom stereocenters. The van der Waals surface area contributed by atoms with Crippen LogP contribution in [-0.2, 0) is 9.84 Å². The molecule has 0 aliphatic rings. The summed E-state index contributed by atoms with van der Waals surface area (Å²) in [4.78, 5) is 2.68. The molecule has 5 heteroatoms. The van der Waals surface area contributed by atoms with Crippen LogP contribution in [-0.4, -0.2) is 14.7 Å². The van der Waals surface area contributed by atoms with Crippen molar-refractivity contribution in [3.8, 4) is 0 Å². The predicted molar refractivity (Wildman–Crippen MR) is 79.4 cm³/mol. The van der Waals surface area contributed by atoms with E-state index in [4.69, 9.17) is 5.73 Å². The minimum atomic E-state index is -3.15. The molecule has 102 valence electrons. The van der Waals surface area contributed by atoms with Crippen molar-refractivity contribution in [1.82, 2.24) is 0 Å². The maximum atomic E-state index is 11.4. The first kappa shape index (κ1) is 14.2. The molecule has 0 fully saturated rings. The molecule has 0 saturated heterocycles. The van der Waals surface area contributed by atoms with Crippen molar-refractivity contribution in [2.75, 3.05) is 6.26 Å². The molecule has 0 aliphatic heterocycles. The monoisotopic (exact) mass is 295 g/mol. The Morgan fingerprint density at radius 1 is 1.16 bits per heavy atom. The van der Waals surface area contributed by atoms with Crippen molar-refractivity contribution >= 4 is 21.2 Å². The predicted octanol–water partition coefficient (Wildman–Crippen LogP) is 2.82. The zero-order valence-electron chi connectivity index (χ0n) is 11.2. The molecule has 2 aromatic rings. The summed E-state index contributed by atoms with van der Waals surface area (Å²) in [6.45, 7) is 4.10. The highest BCUT2D eigenvalue weighted by atomic mass is 32.2. The van der Waals surface area contributed by atoms with E-state index in [0.29, 0.717) is 4.90 Å². The van der Waals surface area contributed by atoms with E-state index in [9.17, 15) is 8.42 Å². The first-order chi connectivity index (χ1) is 8.79. The summed E-state index contributed by atoms with van der Waals surface area (Å²) in [5.41, 5.74) is 8.36. The highest BCUT2D eigenvalue weighted by Gasteiger charge is 2.15. The molecule has 0 spiro atoms. The van der Waals surface area contributed by atoms with E-state index in [1.54, 1.807) is 35.6 Å². The van der Waals surface area contributed by atoms with Gasteiger partial charge < -0.3 is 5.73 Å². The van der Waals surface area contributed by atoms with Gasteiger partial charge in [-0.15, -0.1) is 11.3 Å². The van der Waals surface area contributed by atoms with Crippen LogP contribution in [0.5, 0.6) is 0 Å². The van der Waals surface area contributed by atoms with E-state index in [-0.39, 0.29) is 6.04 Å². The van der Waals surface area contributed by atoms with Crippen LogP contribution in [0.3, 0.4) is 0 Å². The number of aryl methyl sites for hydroxylation is 2. The van der Waals surface area contributed by atoms with E-state index >= 15 is 0 Å². The van der Waals surface area contributed by atoms with Gasteiger partial charge in [-0.1, -0.05) is 12.1 Å². The van der Waals surface area contributed by atoms with Gasteiger partial charge in [0, 0.05) is 16.0 Å². The molecule has 1 aromatic carbocycles. The van der Waals surface area contributed by atoms with E-state index in [0.717, 1.165) is 10.4 Å². The summed E-state index contributed by atoms with van der Waals surface area (Å²) in [7, 11) is -3.15. The number of hydrogen-bond acceptors (Lipinski definition) is 4. The molecule has 0 saturated carbocycles. The van der Waals surface area contributed by atoms with Gasteiger partial charge in [0.05, 0.1) is 10.9 Å². The van der Waals surface area contributed by atoms with Gasteiger partial charge in [-0.25, -0.2) is 8.42 Å². The second-order valence-electron chi connectivity index (χ2n) is 4.72. The SMILES string of the molecule is Cc1cc(C)c(C(N)c2ccc(S(C)(=O)=O)cc2)s1. The van der Waals surface area contributed by atoms with E-state index in [1.807, 2.05) is 6.92 Å². The molecule has 0 aliphatic carbocycles. The fraction of sp³-hybridized carbons (Fsp3) is 0.286. The van der Waals surface area contributed by atoms with Gasteiger partial charge in [0.1, 0.15) is 0 Å². The molecule has 19 heavy (non-hydrogen) atoms. The second-order valence-corrected chi connectivity index (χ2v) is 8.03. The van der Waals surface area contributed by atoms with E-state index < -0.39 is 9.84 Å². The van der Waals surface area contributed by atoms with Crippen LogP contribution in [0, 0.1) is 13.8 Å². The molecule has 1 unspecified atom stereocenters. The van der Waals surface area contributed by atoms with Gasteiger partial charge >= 0.3 is 0 Å². The van der Waals surface area contributed by atoms with E-state index in [2.05, 4.69) is 13.0 Å². The minimum Gasteiger partial charge on any atom is -0.320 e. The molecular formula is C14H17NO2S2. The minimum absolute atomic E-state index is 0.202. The molecule has 1 aromatic heterocycles. The topological polar surface area (TPSA) is 60.2 Å². The van der Waals surface area contributed by atoms with Crippen LogP contribution in [0.4, 0.5) is 0 Å². The fourth-order valence-electron chi connectivity index (χ4n) is 2.04. The van der Waals surface area contributed by atoms with Crippen molar-refractivity contribution < 1.29 is 8.42 Å². The van der Waals surface area contributed by atoms with Gasteiger partial charge in [0.15, 0.2) is 9.84 Å². The third kappa shape index (κ3) is 3.05. The van der Waals surface area contributed by atoms with Gasteiger partial charge in [-0.2, -0.15) is 0 Å². The molecular weight excluding hydrogens is 278 g/mol. The summed E-state index contributed by atoms with van der Waals surface area (Å²) >= 11 is 1.68. The lowest BCUT2D eigenvalue weighted by molar-refractivity contribution is 0.602. The van der Waals surface area contributed by atoms with Crippen molar-refractivity contribution in [2.24, 2.45) is 5.73 Å². The lowest BCUT2D eigenvalue weighted by Gasteiger charge is -2.12. The molecule has 0 bridgehead atoms. The van der Waals surface area contributed by atoms with E-state index in [1.165, 1.54) is 16.7 Å². The highest BCUT2D eigenvalue weighted by Crippen LogP contribution is 2.30. The van der Waals surface area contributed by atoms with Crippen LogP contribution in [0.1, 0.15) is 26.9 Å². The van der Waals surface area contributed by atoms with Gasteiger partial charge in [-0.05, 0) is 43.2 Å². The summed E-state index contributed by atoms with van der Waals surface area (Å²) in [5.74, 6) is 0. The first-order valence-corrected chi connectivity index (χ1v) is 8.62.